The summed E-state index contributed by atoms with van der Waals surface area (Å²) >= 11 is 0. The van der Waals surface area contributed by atoms with Crippen molar-refractivity contribution in [3.8, 4) is 0 Å². The molecule has 2 fully saturated rings. The standard InChI is InChI=1S/C28H49N5O2/c1-8-35-20-25(34)29-22-11-9-21(10-12-22)13-14-32-15-17-33(18-16-32)24-19-23(27(2,3)4)30-26(31-24)28(5,6)7/h19,21-22H,8-18,20H2,1-7H3,(H,29,34). The van der Waals surface area contributed by atoms with Crippen molar-refractivity contribution in [2.24, 2.45) is 5.92 Å². The van der Waals surface area contributed by atoms with E-state index in [4.69, 9.17) is 14.7 Å². The fraction of sp³-hybridized carbons (Fsp3) is 0.821. The number of ether oxygens (including phenoxy) is 1. The number of amides is 1. The van der Waals surface area contributed by atoms with Crippen molar-refractivity contribution in [3.63, 3.8) is 0 Å². The second kappa shape index (κ2) is 12.0. The summed E-state index contributed by atoms with van der Waals surface area (Å²) in [7, 11) is 0. The van der Waals surface area contributed by atoms with Crippen molar-refractivity contribution in [2.45, 2.75) is 97.4 Å². The Bertz CT molecular complexity index is 781. The Morgan fingerprint density at radius 3 is 2.23 bits per heavy atom. The maximum absolute atomic E-state index is 11.9. The van der Waals surface area contributed by atoms with Gasteiger partial charge in [0.15, 0.2) is 0 Å². The molecule has 1 aromatic rings. The van der Waals surface area contributed by atoms with E-state index in [0.29, 0.717) is 12.6 Å². The van der Waals surface area contributed by atoms with Gasteiger partial charge < -0.3 is 15.0 Å². The SMILES string of the molecule is CCOCC(=O)NC1CCC(CCN2CCN(c3cc(C(C)(C)C)nc(C(C)(C)C)n3)CC2)CC1. The van der Waals surface area contributed by atoms with Gasteiger partial charge in [-0.2, -0.15) is 0 Å². The van der Waals surface area contributed by atoms with Crippen LogP contribution in [0.15, 0.2) is 6.07 Å². The van der Waals surface area contributed by atoms with Crippen LogP contribution >= 0.6 is 0 Å². The number of carbonyl (C=O) groups excluding carboxylic acids is 1. The molecule has 1 aliphatic carbocycles. The summed E-state index contributed by atoms with van der Waals surface area (Å²) in [4.78, 5) is 26.9. The van der Waals surface area contributed by atoms with Crippen LogP contribution < -0.4 is 10.2 Å². The molecule has 1 aromatic heterocycles. The van der Waals surface area contributed by atoms with Crippen LogP contribution in [-0.4, -0.2) is 72.8 Å². The van der Waals surface area contributed by atoms with Crippen molar-refractivity contribution in [1.82, 2.24) is 20.2 Å². The molecule has 198 valence electrons. The number of aromatic nitrogens is 2. The molecule has 1 amide bonds. The normalized spacial score (nSPS) is 22.3. The molecule has 0 unspecified atom stereocenters. The van der Waals surface area contributed by atoms with Crippen molar-refractivity contribution in [1.29, 1.82) is 0 Å². The summed E-state index contributed by atoms with van der Waals surface area (Å²) in [6.45, 7) is 21.3. The predicted octanol–water partition coefficient (Wildman–Crippen LogP) is 4.30. The zero-order chi connectivity index (χ0) is 25.6. The fourth-order valence-electron chi connectivity index (χ4n) is 4.94. The second-order valence-corrected chi connectivity index (χ2v) is 12.5. The fourth-order valence-corrected chi connectivity index (χ4v) is 4.94. The highest BCUT2D eigenvalue weighted by molar-refractivity contribution is 5.77. The molecule has 1 saturated carbocycles. The molecule has 1 N–H and O–H groups in total. The molecular formula is C28H49N5O2. The monoisotopic (exact) mass is 487 g/mol. The quantitative estimate of drug-likeness (QED) is 0.590. The van der Waals surface area contributed by atoms with E-state index in [1.807, 2.05) is 6.92 Å². The van der Waals surface area contributed by atoms with Crippen LogP contribution in [0.2, 0.25) is 0 Å². The van der Waals surface area contributed by atoms with Gasteiger partial charge in [-0.15, -0.1) is 0 Å². The molecule has 7 heteroatoms. The van der Waals surface area contributed by atoms with Crippen LogP contribution in [0.25, 0.3) is 0 Å². The average Bonchev–Trinajstić information content (AvgIpc) is 2.81. The van der Waals surface area contributed by atoms with Crippen LogP contribution in [0.5, 0.6) is 0 Å². The van der Waals surface area contributed by atoms with E-state index < -0.39 is 0 Å². The first-order valence-corrected chi connectivity index (χ1v) is 13.7. The number of hydrogen-bond donors (Lipinski definition) is 1. The lowest BCUT2D eigenvalue weighted by Crippen LogP contribution is -2.47. The molecule has 0 bridgehead atoms. The molecule has 0 aromatic carbocycles. The lowest BCUT2D eigenvalue weighted by molar-refractivity contribution is -0.126. The third-order valence-corrected chi connectivity index (χ3v) is 7.35. The molecule has 1 aliphatic heterocycles. The molecule has 35 heavy (non-hydrogen) atoms. The first kappa shape index (κ1) is 27.9. The summed E-state index contributed by atoms with van der Waals surface area (Å²) in [6.07, 6.45) is 5.87. The van der Waals surface area contributed by atoms with Crippen LogP contribution in [-0.2, 0) is 20.4 Å². The Morgan fingerprint density at radius 1 is 1.00 bits per heavy atom. The first-order chi connectivity index (χ1) is 16.5. The van der Waals surface area contributed by atoms with E-state index in [1.54, 1.807) is 0 Å². The van der Waals surface area contributed by atoms with Gasteiger partial charge in [0.2, 0.25) is 5.91 Å². The highest BCUT2D eigenvalue weighted by Crippen LogP contribution is 2.29. The zero-order valence-corrected chi connectivity index (χ0v) is 23.3. The van der Waals surface area contributed by atoms with Gasteiger partial charge >= 0.3 is 0 Å². The number of hydrogen-bond acceptors (Lipinski definition) is 6. The number of nitrogens with one attached hydrogen (secondary N) is 1. The largest absolute Gasteiger partial charge is 0.372 e. The number of carbonyl (C=O) groups is 1. The Morgan fingerprint density at radius 2 is 1.66 bits per heavy atom. The molecule has 2 aliphatic rings. The third-order valence-electron chi connectivity index (χ3n) is 7.35. The highest BCUT2D eigenvalue weighted by Gasteiger charge is 2.27. The summed E-state index contributed by atoms with van der Waals surface area (Å²) in [6, 6.07) is 2.53. The Balaban J connectivity index is 1.45. The minimum absolute atomic E-state index is 0.00457. The summed E-state index contributed by atoms with van der Waals surface area (Å²) < 4.78 is 5.21. The Hall–Kier alpha value is -1.73. The van der Waals surface area contributed by atoms with Gasteiger partial charge in [-0.05, 0) is 51.5 Å². The van der Waals surface area contributed by atoms with E-state index in [1.165, 1.54) is 25.8 Å². The number of anilines is 1. The van der Waals surface area contributed by atoms with Crippen molar-refractivity contribution in [3.05, 3.63) is 17.6 Å². The molecule has 0 spiro atoms. The van der Waals surface area contributed by atoms with Gasteiger partial charge in [-0.3, -0.25) is 9.69 Å². The second-order valence-electron chi connectivity index (χ2n) is 12.5. The predicted molar refractivity (Wildman–Crippen MR) is 143 cm³/mol. The summed E-state index contributed by atoms with van der Waals surface area (Å²) in [5, 5.41) is 3.14. The van der Waals surface area contributed by atoms with E-state index in [9.17, 15) is 4.79 Å². The minimum Gasteiger partial charge on any atom is -0.372 e. The van der Waals surface area contributed by atoms with Gasteiger partial charge in [-0.25, -0.2) is 9.97 Å². The number of nitrogens with zero attached hydrogens (tertiary/aromatic N) is 4. The number of piperazine rings is 1. The number of rotatable bonds is 8. The van der Waals surface area contributed by atoms with Crippen molar-refractivity contribution in [2.75, 3.05) is 50.8 Å². The molecule has 2 heterocycles. The van der Waals surface area contributed by atoms with Crippen LogP contribution in [0.3, 0.4) is 0 Å². The molecule has 7 nitrogen and oxygen atoms in total. The topological polar surface area (TPSA) is 70.6 Å². The van der Waals surface area contributed by atoms with Gasteiger partial charge in [0.05, 0.1) is 5.69 Å². The first-order valence-electron chi connectivity index (χ1n) is 13.7. The summed E-state index contributed by atoms with van der Waals surface area (Å²) in [5.74, 6) is 2.82. The highest BCUT2D eigenvalue weighted by atomic mass is 16.5. The van der Waals surface area contributed by atoms with Gasteiger partial charge in [0, 0.05) is 55.7 Å². The summed E-state index contributed by atoms with van der Waals surface area (Å²) in [5.41, 5.74) is 1.06. The van der Waals surface area contributed by atoms with E-state index >= 15 is 0 Å². The molecule has 0 radical (unpaired) electrons. The van der Waals surface area contributed by atoms with Crippen LogP contribution in [0.1, 0.15) is 92.1 Å². The van der Waals surface area contributed by atoms with Crippen LogP contribution in [0, 0.1) is 5.92 Å². The Labute approximate surface area is 213 Å². The third kappa shape index (κ3) is 8.42. The lowest BCUT2D eigenvalue weighted by Gasteiger charge is -2.37. The maximum atomic E-state index is 11.9. The van der Waals surface area contributed by atoms with Crippen molar-refractivity contribution >= 4 is 11.7 Å². The van der Waals surface area contributed by atoms with E-state index in [2.05, 4.69) is 62.7 Å². The van der Waals surface area contributed by atoms with Crippen molar-refractivity contribution < 1.29 is 9.53 Å². The Kier molecular flexibility index (Phi) is 9.55. The van der Waals surface area contributed by atoms with Gasteiger partial charge in [0.25, 0.3) is 0 Å². The van der Waals surface area contributed by atoms with E-state index in [-0.39, 0.29) is 23.3 Å². The molecule has 0 atom stereocenters. The lowest BCUT2D eigenvalue weighted by atomic mass is 9.84. The van der Waals surface area contributed by atoms with Gasteiger partial charge in [0.1, 0.15) is 18.2 Å². The maximum Gasteiger partial charge on any atom is 0.246 e. The van der Waals surface area contributed by atoms with E-state index in [0.717, 1.165) is 62.3 Å². The smallest absolute Gasteiger partial charge is 0.246 e. The molecular weight excluding hydrogens is 438 g/mol. The molecule has 1 saturated heterocycles. The average molecular weight is 488 g/mol. The van der Waals surface area contributed by atoms with Crippen LogP contribution in [0.4, 0.5) is 5.82 Å². The zero-order valence-electron chi connectivity index (χ0n) is 23.3. The molecule has 3 rings (SSSR count). The van der Waals surface area contributed by atoms with Gasteiger partial charge in [-0.1, -0.05) is 41.5 Å². The minimum atomic E-state index is -0.0665.